The SMILES string of the molecule is CCC(CC)(CC)NCCCS(=O)(=O)CC. The summed E-state index contributed by atoms with van der Waals surface area (Å²) in [7, 11) is -2.80. The van der Waals surface area contributed by atoms with Crippen molar-refractivity contribution >= 4 is 9.84 Å². The third-order valence-electron chi connectivity index (χ3n) is 3.60. The molecule has 0 aromatic carbocycles. The Bertz CT molecular complexity index is 260. The standard InChI is InChI=1S/C12H27NO2S/c1-5-12(6-2,7-3)13-10-9-11-16(14,15)8-4/h13H,5-11H2,1-4H3. The van der Waals surface area contributed by atoms with Gasteiger partial charge < -0.3 is 5.32 Å². The van der Waals surface area contributed by atoms with Crippen molar-refractivity contribution in [2.45, 2.75) is 58.9 Å². The lowest BCUT2D eigenvalue weighted by Crippen LogP contribution is -2.44. The summed E-state index contributed by atoms with van der Waals surface area (Å²) in [5, 5.41) is 3.51. The fraction of sp³-hybridized carbons (Fsp3) is 1.00. The van der Waals surface area contributed by atoms with Crippen LogP contribution in [0.15, 0.2) is 0 Å². The zero-order valence-corrected chi connectivity index (χ0v) is 12.0. The molecule has 0 unspecified atom stereocenters. The van der Waals surface area contributed by atoms with E-state index in [2.05, 4.69) is 26.1 Å². The molecule has 0 atom stereocenters. The van der Waals surface area contributed by atoms with Crippen molar-refractivity contribution in [2.24, 2.45) is 0 Å². The number of sulfone groups is 1. The topological polar surface area (TPSA) is 46.2 Å². The van der Waals surface area contributed by atoms with E-state index in [4.69, 9.17) is 0 Å². The molecule has 16 heavy (non-hydrogen) atoms. The Kier molecular flexibility index (Phi) is 7.24. The fourth-order valence-corrected chi connectivity index (χ4v) is 2.79. The third-order valence-corrected chi connectivity index (χ3v) is 5.39. The Morgan fingerprint density at radius 1 is 1.00 bits per heavy atom. The zero-order chi connectivity index (χ0) is 12.7. The zero-order valence-electron chi connectivity index (χ0n) is 11.2. The maximum absolute atomic E-state index is 11.3. The molecule has 0 rings (SSSR count). The van der Waals surface area contributed by atoms with Crippen LogP contribution in [0.4, 0.5) is 0 Å². The summed E-state index contributed by atoms with van der Waals surface area (Å²) in [6.45, 7) is 9.06. The third kappa shape index (κ3) is 5.30. The molecule has 0 amide bonds. The molecular formula is C12H27NO2S. The molecule has 0 spiro atoms. The minimum atomic E-state index is -2.80. The predicted octanol–water partition coefficient (Wildman–Crippen LogP) is 2.37. The van der Waals surface area contributed by atoms with Crippen molar-refractivity contribution < 1.29 is 8.42 Å². The molecule has 0 aliphatic rings. The van der Waals surface area contributed by atoms with E-state index in [1.54, 1.807) is 6.92 Å². The Hall–Kier alpha value is -0.0900. The molecule has 0 bridgehead atoms. The lowest BCUT2D eigenvalue weighted by molar-refractivity contribution is 0.291. The molecule has 0 saturated heterocycles. The smallest absolute Gasteiger partial charge is 0.150 e. The average Bonchev–Trinajstić information content (AvgIpc) is 2.30. The molecule has 0 heterocycles. The number of nitrogens with one attached hydrogen (secondary N) is 1. The van der Waals surface area contributed by atoms with Gasteiger partial charge in [0.1, 0.15) is 9.84 Å². The van der Waals surface area contributed by atoms with E-state index in [0.717, 1.165) is 32.2 Å². The van der Waals surface area contributed by atoms with Gasteiger partial charge in [0, 0.05) is 11.3 Å². The predicted molar refractivity (Wildman–Crippen MR) is 70.6 cm³/mol. The molecule has 1 N–H and O–H groups in total. The van der Waals surface area contributed by atoms with Crippen LogP contribution in [0.1, 0.15) is 53.4 Å². The van der Waals surface area contributed by atoms with Gasteiger partial charge in [0.25, 0.3) is 0 Å². The minimum absolute atomic E-state index is 0.204. The maximum Gasteiger partial charge on any atom is 0.150 e. The van der Waals surface area contributed by atoms with Gasteiger partial charge in [-0.25, -0.2) is 8.42 Å². The monoisotopic (exact) mass is 249 g/mol. The lowest BCUT2D eigenvalue weighted by Gasteiger charge is -2.32. The first kappa shape index (κ1) is 15.9. The van der Waals surface area contributed by atoms with Crippen LogP contribution < -0.4 is 5.32 Å². The van der Waals surface area contributed by atoms with E-state index in [-0.39, 0.29) is 11.3 Å². The molecule has 0 aromatic rings. The van der Waals surface area contributed by atoms with Gasteiger partial charge >= 0.3 is 0 Å². The molecule has 0 fully saturated rings. The molecule has 0 aromatic heterocycles. The first-order valence-corrected chi connectivity index (χ1v) is 8.22. The molecular weight excluding hydrogens is 222 g/mol. The summed E-state index contributed by atoms with van der Waals surface area (Å²) in [6.07, 6.45) is 4.01. The molecule has 0 aliphatic heterocycles. The quantitative estimate of drug-likeness (QED) is 0.638. The highest BCUT2D eigenvalue weighted by molar-refractivity contribution is 7.91. The first-order chi connectivity index (χ1) is 7.45. The first-order valence-electron chi connectivity index (χ1n) is 6.40. The Labute approximate surface area is 101 Å². The van der Waals surface area contributed by atoms with Crippen LogP contribution >= 0.6 is 0 Å². The molecule has 0 radical (unpaired) electrons. The molecule has 4 heteroatoms. The van der Waals surface area contributed by atoms with Crippen molar-refractivity contribution in [3.8, 4) is 0 Å². The second kappa shape index (κ2) is 7.28. The Morgan fingerprint density at radius 3 is 1.88 bits per heavy atom. The Morgan fingerprint density at radius 2 is 1.50 bits per heavy atom. The summed E-state index contributed by atoms with van der Waals surface area (Å²) < 4.78 is 22.6. The maximum atomic E-state index is 11.3. The van der Waals surface area contributed by atoms with Crippen molar-refractivity contribution in [3.05, 3.63) is 0 Å². The second-order valence-electron chi connectivity index (χ2n) is 4.36. The number of hydrogen-bond donors (Lipinski definition) is 1. The van der Waals surface area contributed by atoms with Gasteiger partial charge in [-0.2, -0.15) is 0 Å². The second-order valence-corrected chi connectivity index (χ2v) is 6.83. The van der Waals surface area contributed by atoms with E-state index < -0.39 is 9.84 Å². The van der Waals surface area contributed by atoms with Crippen molar-refractivity contribution in [1.29, 1.82) is 0 Å². The van der Waals surface area contributed by atoms with Crippen LogP contribution in [-0.2, 0) is 9.84 Å². The minimum Gasteiger partial charge on any atom is -0.311 e. The van der Waals surface area contributed by atoms with Crippen LogP contribution in [0.2, 0.25) is 0 Å². The molecule has 98 valence electrons. The van der Waals surface area contributed by atoms with Crippen LogP contribution in [0.5, 0.6) is 0 Å². The molecule has 3 nitrogen and oxygen atoms in total. The average molecular weight is 249 g/mol. The molecule has 0 saturated carbocycles. The summed E-state index contributed by atoms with van der Waals surface area (Å²) in [5.41, 5.74) is 0.204. The summed E-state index contributed by atoms with van der Waals surface area (Å²) in [6, 6.07) is 0. The van der Waals surface area contributed by atoms with E-state index >= 15 is 0 Å². The summed E-state index contributed by atoms with van der Waals surface area (Å²) >= 11 is 0. The molecule has 0 aliphatic carbocycles. The van der Waals surface area contributed by atoms with E-state index in [9.17, 15) is 8.42 Å². The fourth-order valence-electron chi connectivity index (χ4n) is 1.91. The van der Waals surface area contributed by atoms with Crippen molar-refractivity contribution in [3.63, 3.8) is 0 Å². The van der Waals surface area contributed by atoms with Gasteiger partial charge in [0.05, 0.1) is 5.75 Å². The summed E-state index contributed by atoms with van der Waals surface area (Å²) in [4.78, 5) is 0. The van der Waals surface area contributed by atoms with E-state index in [0.29, 0.717) is 5.75 Å². The highest BCUT2D eigenvalue weighted by Gasteiger charge is 2.22. The highest BCUT2D eigenvalue weighted by atomic mass is 32.2. The lowest BCUT2D eigenvalue weighted by atomic mass is 9.90. The van der Waals surface area contributed by atoms with E-state index in [1.807, 2.05) is 0 Å². The van der Waals surface area contributed by atoms with Gasteiger partial charge in [-0.3, -0.25) is 0 Å². The number of rotatable bonds is 9. The van der Waals surface area contributed by atoms with Crippen LogP contribution in [0, 0.1) is 0 Å². The van der Waals surface area contributed by atoms with Crippen LogP contribution in [-0.4, -0.2) is 32.0 Å². The summed E-state index contributed by atoms with van der Waals surface area (Å²) in [5.74, 6) is 0.567. The van der Waals surface area contributed by atoms with Gasteiger partial charge in [0.2, 0.25) is 0 Å². The Balaban J connectivity index is 3.97. The van der Waals surface area contributed by atoms with Crippen LogP contribution in [0.25, 0.3) is 0 Å². The largest absolute Gasteiger partial charge is 0.311 e. The van der Waals surface area contributed by atoms with Gasteiger partial charge in [-0.1, -0.05) is 27.7 Å². The van der Waals surface area contributed by atoms with Crippen LogP contribution in [0.3, 0.4) is 0 Å². The van der Waals surface area contributed by atoms with Gasteiger partial charge in [-0.15, -0.1) is 0 Å². The normalized spacial score (nSPS) is 13.0. The van der Waals surface area contributed by atoms with Crippen molar-refractivity contribution in [2.75, 3.05) is 18.1 Å². The van der Waals surface area contributed by atoms with Gasteiger partial charge in [-0.05, 0) is 32.2 Å². The number of hydrogen-bond acceptors (Lipinski definition) is 3. The van der Waals surface area contributed by atoms with Crippen molar-refractivity contribution in [1.82, 2.24) is 5.32 Å². The van der Waals surface area contributed by atoms with Gasteiger partial charge in [0.15, 0.2) is 0 Å². The highest BCUT2D eigenvalue weighted by Crippen LogP contribution is 2.18. The van der Waals surface area contributed by atoms with E-state index in [1.165, 1.54) is 0 Å².